The smallest absolute Gasteiger partial charge is 0.119 e. The Balaban J connectivity index is 1.72. The van der Waals surface area contributed by atoms with Gasteiger partial charge in [0, 0.05) is 19.1 Å². The maximum Gasteiger partial charge on any atom is 0.119 e. The third kappa shape index (κ3) is 3.72. The number of ether oxygens (including phenoxy) is 1. The molecule has 1 fully saturated rings. The SMILES string of the molecule is CCN(CCOc1ccccc1)C1CCNC1. The van der Waals surface area contributed by atoms with Crippen LogP contribution in [0.1, 0.15) is 13.3 Å². The molecule has 1 aromatic carbocycles. The van der Waals surface area contributed by atoms with Gasteiger partial charge in [0.2, 0.25) is 0 Å². The van der Waals surface area contributed by atoms with Gasteiger partial charge in [0.25, 0.3) is 0 Å². The van der Waals surface area contributed by atoms with Crippen LogP contribution >= 0.6 is 0 Å². The van der Waals surface area contributed by atoms with Crippen LogP contribution in [0.4, 0.5) is 0 Å². The highest BCUT2D eigenvalue weighted by Crippen LogP contribution is 2.10. The number of rotatable bonds is 6. The molecule has 2 rings (SSSR count). The largest absolute Gasteiger partial charge is 0.492 e. The first-order valence-electron chi connectivity index (χ1n) is 6.52. The Morgan fingerprint density at radius 3 is 2.82 bits per heavy atom. The number of hydrogen-bond acceptors (Lipinski definition) is 3. The average molecular weight is 234 g/mol. The predicted octanol–water partition coefficient (Wildman–Crippen LogP) is 1.75. The molecule has 1 heterocycles. The molecule has 3 nitrogen and oxygen atoms in total. The molecular formula is C14H22N2O. The van der Waals surface area contributed by atoms with Crippen LogP contribution in [0.25, 0.3) is 0 Å². The monoisotopic (exact) mass is 234 g/mol. The number of hydrogen-bond donors (Lipinski definition) is 1. The zero-order valence-corrected chi connectivity index (χ0v) is 10.6. The molecule has 0 saturated carbocycles. The van der Waals surface area contributed by atoms with Crippen molar-refractivity contribution in [3.8, 4) is 5.75 Å². The van der Waals surface area contributed by atoms with Crippen LogP contribution in [0, 0.1) is 0 Å². The Bertz CT molecular complexity index is 309. The van der Waals surface area contributed by atoms with Crippen LogP contribution in [-0.4, -0.2) is 43.7 Å². The van der Waals surface area contributed by atoms with Gasteiger partial charge in [-0.2, -0.15) is 0 Å². The Morgan fingerprint density at radius 1 is 1.35 bits per heavy atom. The summed E-state index contributed by atoms with van der Waals surface area (Å²) in [5.74, 6) is 0.966. The van der Waals surface area contributed by atoms with Gasteiger partial charge in [-0.05, 0) is 31.6 Å². The Kier molecular flexibility index (Phi) is 4.83. The molecule has 0 spiro atoms. The molecule has 0 aliphatic carbocycles. The maximum absolute atomic E-state index is 5.74. The Labute approximate surface area is 104 Å². The molecule has 1 aromatic rings. The van der Waals surface area contributed by atoms with Gasteiger partial charge in [-0.25, -0.2) is 0 Å². The lowest BCUT2D eigenvalue weighted by Crippen LogP contribution is -2.39. The third-order valence-electron chi connectivity index (χ3n) is 3.35. The minimum atomic E-state index is 0.694. The first kappa shape index (κ1) is 12.4. The van der Waals surface area contributed by atoms with E-state index in [-0.39, 0.29) is 0 Å². The molecular weight excluding hydrogens is 212 g/mol. The molecule has 1 unspecified atom stereocenters. The van der Waals surface area contributed by atoms with Crippen LogP contribution < -0.4 is 10.1 Å². The summed E-state index contributed by atoms with van der Waals surface area (Å²) in [4.78, 5) is 2.50. The standard InChI is InChI=1S/C14H22N2O/c1-2-16(13-8-9-15-12-13)10-11-17-14-6-4-3-5-7-14/h3-7,13,15H,2,8-12H2,1H3. The summed E-state index contributed by atoms with van der Waals surface area (Å²) >= 11 is 0. The number of nitrogens with zero attached hydrogens (tertiary/aromatic N) is 1. The number of likely N-dealkylation sites (N-methyl/N-ethyl adjacent to an activating group) is 1. The first-order chi connectivity index (χ1) is 8.40. The lowest BCUT2D eigenvalue weighted by Gasteiger charge is -2.26. The predicted molar refractivity (Wildman–Crippen MR) is 70.5 cm³/mol. The molecule has 1 aliphatic rings. The van der Waals surface area contributed by atoms with Gasteiger partial charge in [0.05, 0.1) is 0 Å². The molecule has 94 valence electrons. The molecule has 1 aliphatic heterocycles. The highest BCUT2D eigenvalue weighted by Gasteiger charge is 2.20. The fourth-order valence-corrected chi connectivity index (χ4v) is 2.35. The second-order valence-electron chi connectivity index (χ2n) is 4.44. The third-order valence-corrected chi connectivity index (χ3v) is 3.35. The summed E-state index contributed by atoms with van der Waals surface area (Å²) < 4.78 is 5.74. The van der Waals surface area contributed by atoms with Crippen LogP contribution in [0.3, 0.4) is 0 Å². The fraction of sp³-hybridized carbons (Fsp3) is 0.571. The lowest BCUT2D eigenvalue weighted by atomic mass is 10.2. The second kappa shape index (κ2) is 6.62. The highest BCUT2D eigenvalue weighted by atomic mass is 16.5. The summed E-state index contributed by atoms with van der Waals surface area (Å²) in [5, 5.41) is 3.41. The maximum atomic E-state index is 5.74. The van der Waals surface area contributed by atoms with E-state index in [1.807, 2.05) is 30.3 Å². The van der Waals surface area contributed by atoms with Crippen molar-refractivity contribution < 1.29 is 4.74 Å². The van der Waals surface area contributed by atoms with Gasteiger partial charge in [0.15, 0.2) is 0 Å². The average Bonchev–Trinajstić information content (AvgIpc) is 2.90. The molecule has 1 N–H and O–H groups in total. The number of para-hydroxylation sites is 1. The molecule has 1 atom stereocenters. The van der Waals surface area contributed by atoms with Crippen LogP contribution in [0.15, 0.2) is 30.3 Å². The molecule has 0 aromatic heterocycles. The van der Waals surface area contributed by atoms with Gasteiger partial charge < -0.3 is 10.1 Å². The summed E-state index contributed by atoms with van der Waals surface area (Å²) in [6.07, 6.45) is 1.26. The van der Waals surface area contributed by atoms with Crippen molar-refractivity contribution in [1.29, 1.82) is 0 Å². The quantitative estimate of drug-likeness (QED) is 0.811. The van der Waals surface area contributed by atoms with E-state index < -0.39 is 0 Å². The van der Waals surface area contributed by atoms with Gasteiger partial charge in [-0.3, -0.25) is 4.90 Å². The molecule has 0 amide bonds. The van der Waals surface area contributed by atoms with Crippen molar-refractivity contribution >= 4 is 0 Å². The summed E-state index contributed by atoms with van der Waals surface area (Å²) in [6.45, 7) is 7.39. The van der Waals surface area contributed by atoms with E-state index in [4.69, 9.17) is 4.74 Å². The van der Waals surface area contributed by atoms with Crippen molar-refractivity contribution in [2.24, 2.45) is 0 Å². The van der Waals surface area contributed by atoms with E-state index in [1.165, 1.54) is 6.42 Å². The van der Waals surface area contributed by atoms with Gasteiger partial charge in [0.1, 0.15) is 12.4 Å². The van der Waals surface area contributed by atoms with Crippen molar-refractivity contribution in [1.82, 2.24) is 10.2 Å². The minimum absolute atomic E-state index is 0.694. The summed E-state index contributed by atoms with van der Waals surface area (Å²) in [7, 11) is 0. The molecule has 0 bridgehead atoms. The van der Waals surface area contributed by atoms with Crippen LogP contribution in [-0.2, 0) is 0 Å². The highest BCUT2D eigenvalue weighted by molar-refractivity contribution is 5.20. The van der Waals surface area contributed by atoms with E-state index in [0.29, 0.717) is 6.04 Å². The minimum Gasteiger partial charge on any atom is -0.492 e. The molecule has 17 heavy (non-hydrogen) atoms. The van der Waals surface area contributed by atoms with Crippen molar-refractivity contribution in [3.05, 3.63) is 30.3 Å². The summed E-state index contributed by atoms with van der Waals surface area (Å²) in [5.41, 5.74) is 0. The second-order valence-corrected chi connectivity index (χ2v) is 4.44. The first-order valence-corrected chi connectivity index (χ1v) is 6.52. The number of benzene rings is 1. The molecule has 1 saturated heterocycles. The molecule has 3 heteroatoms. The zero-order chi connectivity index (χ0) is 11.9. The van der Waals surface area contributed by atoms with E-state index in [0.717, 1.165) is 38.5 Å². The lowest BCUT2D eigenvalue weighted by molar-refractivity contribution is 0.174. The van der Waals surface area contributed by atoms with Crippen LogP contribution in [0.2, 0.25) is 0 Å². The van der Waals surface area contributed by atoms with Crippen molar-refractivity contribution in [2.45, 2.75) is 19.4 Å². The van der Waals surface area contributed by atoms with Crippen molar-refractivity contribution in [2.75, 3.05) is 32.8 Å². The fourth-order valence-electron chi connectivity index (χ4n) is 2.35. The van der Waals surface area contributed by atoms with E-state index >= 15 is 0 Å². The zero-order valence-electron chi connectivity index (χ0n) is 10.6. The van der Waals surface area contributed by atoms with E-state index in [9.17, 15) is 0 Å². The Hall–Kier alpha value is -1.06. The normalized spacial score (nSPS) is 19.8. The Morgan fingerprint density at radius 2 is 2.18 bits per heavy atom. The van der Waals surface area contributed by atoms with Gasteiger partial charge in [-0.15, -0.1) is 0 Å². The topological polar surface area (TPSA) is 24.5 Å². The molecule has 0 radical (unpaired) electrons. The van der Waals surface area contributed by atoms with E-state index in [1.54, 1.807) is 0 Å². The number of nitrogens with one attached hydrogen (secondary N) is 1. The van der Waals surface area contributed by atoms with Gasteiger partial charge in [-0.1, -0.05) is 25.1 Å². The van der Waals surface area contributed by atoms with Gasteiger partial charge >= 0.3 is 0 Å². The van der Waals surface area contributed by atoms with Crippen molar-refractivity contribution in [3.63, 3.8) is 0 Å². The van der Waals surface area contributed by atoms with Crippen LogP contribution in [0.5, 0.6) is 5.75 Å². The summed E-state index contributed by atoms with van der Waals surface area (Å²) in [6, 6.07) is 10.7. The van der Waals surface area contributed by atoms with E-state index in [2.05, 4.69) is 17.1 Å².